The Morgan fingerprint density at radius 3 is 3.00 bits per heavy atom. The summed E-state index contributed by atoms with van der Waals surface area (Å²) in [6.07, 6.45) is 0. The topological polar surface area (TPSA) is 29.5 Å². The van der Waals surface area contributed by atoms with Crippen LogP contribution in [0.25, 0.3) is 0 Å². The van der Waals surface area contributed by atoms with Gasteiger partial charge in [-0.3, -0.25) is 9.69 Å². The number of ketones is 1. The Morgan fingerprint density at radius 2 is 2.43 bits per heavy atom. The van der Waals surface area contributed by atoms with E-state index in [-0.39, 0.29) is 12.4 Å². The Hall–Kier alpha value is -0.710. The molecule has 1 aromatic rings. The van der Waals surface area contributed by atoms with Crippen LogP contribution in [0.2, 0.25) is 0 Å². The van der Waals surface area contributed by atoms with Gasteiger partial charge in [-0.05, 0) is 18.5 Å². The molecule has 0 aliphatic heterocycles. The van der Waals surface area contributed by atoms with Gasteiger partial charge in [-0.15, -0.1) is 11.3 Å². The molecular formula is C10H15NO2S. The lowest BCUT2D eigenvalue weighted by Crippen LogP contribution is -2.27. The molecule has 0 amide bonds. The smallest absolute Gasteiger partial charge is 0.172 e. The normalized spacial score (nSPS) is 10.8. The second-order valence-corrected chi connectivity index (χ2v) is 4.26. The van der Waals surface area contributed by atoms with Gasteiger partial charge in [0.05, 0.1) is 6.54 Å². The van der Waals surface area contributed by atoms with Crippen molar-refractivity contribution in [3.05, 3.63) is 22.4 Å². The number of carbonyl (C=O) groups excluding carboxylic acids is 1. The summed E-state index contributed by atoms with van der Waals surface area (Å²) in [5.41, 5.74) is 0. The van der Waals surface area contributed by atoms with Gasteiger partial charge in [0, 0.05) is 18.5 Å². The summed E-state index contributed by atoms with van der Waals surface area (Å²) < 4.78 is 4.77. The number of hydrogen-bond donors (Lipinski definition) is 0. The zero-order valence-corrected chi connectivity index (χ0v) is 9.34. The van der Waals surface area contributed by atoms with Gasteiger partial charge in [0.1, 0.15) is 6.61 Å². The van der Waals surface area contributed by atoms with Gasteiger partial charge < -0.3 is 4.74 Å². The van der Waals surface area contributed by atoms with E-state index in [4.69, 9.17) is 4.74 Å². The van der Waals surface area contributed by atoms with Crippen molar-refractivity contribution in [3.8, 4) is 0 Å². The molecule has 0 fully saturated rings. The number of ether oxygens (including phenoxy) is 1. The Balaban J connectivity index is 2.29. The summed E-state index contributed by atoms with van der Waals surface area (Å²) in [6.45, 7) is 1.48. The van der Waals surface area contributed by atoms with E-state index in [1.807, 2.05) is 23.4 Å². The SMILES string of the molecule is COCC(=O)CN(C)Cc1cccs1. The Bertz CT molecular complexity index is 272. The molecule has 0 spiro atoms. The van der Waals surface area contributed by atoms with Gasteiger partial charge >= 0.3 is 0 Å². The quantitative estimate of drug-likeness (QED) is 0.715. The summed E-state index contributed by atoms with van der Waals surface area (Å²) in [6, 6.07) is 4.09. The van der Waals surface area contributed by atoms with E-state index in [1.54, 1.807) is 11.3 Å². The maximum atomic E-state index is 11.2. The molecule has 78 valence electrons. The molecule has 1 heterocycles. The zero-order valence-electron chi connectivity index (χ0n) is 8.53. The minimum atomic E-state index is 0.117. The van der Waals surface area contributed by atoms with E-state index in [9.17, 15) is 4.79 Å². The summed E-state index contributed by atoms with van der Waals surface area (Å²) in [5.74, 6) is 0.117. The van der Waals surface area contributed by atoms with Gasteiger partial charge in [0.25, 0.3) is 0 Å². The molecule has 0 N–H and O–H groups in total. The minimum absolute atomic E-state index is 0.117. The fourth-order valence-electron chi connectivity index (χ4n) is 1.23. The highest BCUT2D eigenvalue weighted by atomic mass is 32.1. The van der Waals surface area contributed by atoms with Crippen LogP contribution in [0.4, 0.5) is 0 Å². The van der Waals surface area contributed by atoms with E-state index in [2.05, 4.69) is 6.07 Å². The van der Waals surface area contributed by atoms with Crippen LogP contribution in [0.5, 0.6) is 0 Å². The third kappa shape index (κ3) is 4.00. The maximum absolute atomic E-state index is 11.2. The van der Waals surface area contributed by atoms with Crippen molar-refractivity contribution in [1.82, 2.24) is 4.90 Å². The van der Waals surface area contributed by atoms with Crippen LogP contribution < -0.4 is 0 Å². The Kier molecular flexibility index (Phi) is 4.79. The Labute approximate surface area is 88.3 Å². The molecule has 1 rings (SSSR count). The second-order valence-electron chi connectivity index (χ2n) is 3.22. The van der Waals surface area contributed by atoms with Gasteiger partial charge in [0.15, 0.2) is 5.78 Å². The monoisotopic (exact) mass is 213 g/mol. The number of rotatable bonds is 6. The highest BCUT2D eigenvalue weighted by Crippen LogP contribution is 2.10. The van der Waals surface area contributed by atoms with Crippen molar-refractivity contribution in [2.75, 3.05) is 27.3 Å². The molecule has 4 heteroatoms. The van der Waals surface area contributed by atoms with Gasteiger partial charge in [0.2, 0.25) is 0 Å². The highest BCUT2D eigenvalue weighted by molar-refractivity contribution is 7.09. The summed E-state index contributed by atoms with van der Waals surface area (Å²) >= 11 is 1.71. The third-order valence-electron chi connectivity index (χ3n) is 1.76. The molecule has 0 atom stereocenters. The summed E-state index contributed by atoms with van der Waals surface area (Å²) in [7, 11) is 3.48. The lowest BCUT2D eigenvalue weighted by Gasteiger charge is -2.13. The average Bonchev–Trinajstić information content (AvgIpc) is 2.56. The molecule has 0 aromatic carbocycles. The first-order chi connectivity index (χ1) is 6.72. The van der Waals surface area contributed by atoms with Crippen LogP contribution in [0.3, 0.4) is 0 Å². The molecule has 0 radical (unpaired) electrons. The molecule has 0 saturated carbocycles. The number of thiophene rings is 1. The fraction of sp³-hybridized carbons (Fsp3) is 0.500. The van der Waals surface area contributed by atoms with Crippen LogP contribution >= 0.6 is 11.3 Å². The first-order valence-electron chi connectivity index (χ1n) is 4.44. The van der Waals surface area contributed by atoms with E-state index < -0.39 is 0 Å². The lowest BCUT2D eigenvalue weighted by molar-refractivity contribution is -0.123. The first kappa shape index (κ1) is 11.4. The van der Waals surface area contributed by atoms with Crippen LogP contribution in [0, 0.1) is 0 Å². The Morgan fingerprint density at radius 1 is 1.64 bits per heavy atom. The predicted octanol–water partition coefficient (Wildman–Crippen LogP) is 1.40. The number of carbonyl (C=O) groups is 1. The van der Waals surface area contributed by atoms with Crippen molar-refractivity contribution in [3.63, 3.8) is 0 Å². The van der Waals surface area contributed by atoms with Crippen molar-refractivity contribution in [1.29, 1.82) is 0 Å². The molecule has 0 aliphatic rings. The highest BCUT2D eigenvalue weighted by Gasteiger charge is 2.06. The average molecular weight is 213 g/mol. The largest absolute Gasteiger partial charge is 0.377 e. The molecule has 1 aromatic heterocycles. The number of nitrogens with zero attached hydrogens (tertiary/aromatic N) is 1. The molecule has 14 heavy (non-hydrogen) atoms. The number of likely N-dealkylation sites (N-methyl/N-ethyl adjacent to an activating group) is 1. The lowest BCUT2D eigenvalue weighted by atomic mass is 10.3. The predicted molar refractivity (Wildman–Crippen MR) is 57.5 cm³/mol. The van der Waals surface area contributed by atoms with Crippen molar-refractivity contribution in [2.45, 2.75) is 6.54 Å². The minimum Gasteiger partial charge on any atom is -0.377 e. The molecule has 0 aliphatic carbocycles. The molecule has 0 bridgehead atoms. The number of hydrogen-bond acceptors (Lipinski definition) is 4. The fourth-order valence-corrected chi connectivity index (χ4v) is 2.02. The number of methoxy groups -OCH3 is 1. The third-order valence-corrected chi connectivity index (χ3v) is 2.62. The van der Waals surface area contributed by atoms with Crippen molar-refractivity contribution in [2.24, 2.45) is 0 Å². The molecule has 0 saturated heterocycles. The molecule has 0 unspecified atom stereocenters. The van der Waals surface area contributed by atoms with Crippen LogP contribution in [-0.2, 0) is 16.1 Å². The summed E-state index contributed by atoms with van der Waals surface area (Å²) in [4.78, 5) is 14.5. The first-order valence-corrected chi connectivity index (χ1v) is 5.32. The molecular weight excluding hydrogens is 198 g/mol. The van der Waals surface area contributed by atoms with Crippen LogP contribution in [-0.4, -0.2) is 38.0 Å². The summed E-state index contributed by atoms with van der Waals surface area (Å²) in [5, 5.41) is 2.04. The van der Waals surface area contributed by atoms with Gasteiger partial charge in [-0.1, -0.05) is 6.07 Å². The van der Waals surface area contributed by atoms with E-state index in [1.165, 1.54) is 12.0 Å². The van der Waals surface area contributed by atoms with Crippen molar-refractivity contribution >= 4 is 17.1 Å². The van der Waals surface area contributed by atoms with Crippen molar-refractivity contribution < 1.29 is 9.53 Å². The zero-order chi connectivity index (χ0) is 10.4. The van der Waals surface area contributed by atoms with E-state index >= 15 is 0 Å². The van der Waals surface area contributed by atoms with Crippen LogP contribution in [0.15, 0.2) is 17.5 Å². The van der Waals surface area contributed by atoms with Crippen LogP contribution in [0.1, 0.15) is 4.88 Å². The standard InChI is InChI=1S/C10H15NO2S/c1-11(6-9(12)8-13-2)7-10-4-3-5-14-10/h3-5H,6-8H2,1-2H3. The van der Waals surface area contributed by atoms with E-state index in [0.29, 0.717) is 6.54 Å². The number of Topliss-reactive ketones (excluding diaryl/α,β-unsaturated/α-hetero) is 1. The van der Waals surface area contributed by atoms with Gasteiger partial charge in [-0.25, -0.2) is 0 Å². The van der Waals surface area contributed by atoms with Gasteiger partial charge in [-0.2, -0.15) is 0 Å². The second kappa shape index (κ2) is 5.90. The maximum Gasteiger partial charge on any atom is 0.172 e. The van der Waals surface area contributed by atoms with E-state index in [0.717, 1.165) is 6.54 Å². The molecule has 3 nitrogen and oxygen atoms in total.